The molecule has 2 aromatic heterocycles. The van der Waals surface area contributed by atoms with Gasteiger partial charge in [0.25, 0.3) is 0 Å². The van der Waals surface area contributed by atoms with E-state index in [4.69, 9.17) is 4.42 Å². The number of hydrogen-bond donors (Lipinski definition) is 0. The third kappa shape index (κ3) is 5.55. The number of benzene rings is 9. The maximum absolute atomic E-state index is 6.56. The van der Waals surface area contributed by atoms with Gasteiger partial charge in [0.1, 0.15) is 11.3 Å². The van der Waals surface area contributed by atoms with Crippen molar-refractivity contribution in [2.75, 3.05) is 4.90 Å². The molecule has 11 aromatic rings. The van der Waals surface area contributed by atoms with Crippen molar-refractivity contribution in [1.82, 2.24) is 0 Å². The summed E-state index contributed by atoms with van der Waals surface area (Å²) >= 11 is 1.87. The van der Waals surface area contributed by atoms with Crippen molar-refractivity contribution in [3.63, 3.8) is 0 Å². The summed E-state index contributed by atoms with van der Waals surface area (Å²) in [4.78, 5) is 2.40. The fourth-order valence-electron chi connectivity index (χ4n) is 9.44. The Bertz CT molecular complexity index is 3500. The zero-order valence-corrected chi connectivity index (χ0v) is 33.5. The van der Waals surface area contributed by atoms with Gasteiger partial charge in [-0.2, -0.15) is 0 Å². The van der Waals surface area contributed by atoms with Crippen LogP contribution < -0.4 is 4.90 Å². The molecule has 0 N–H and O–H groups in total. The summed E-state index contributed by atoms with van der Waals surface area (Å²) in [5.74, 6) is 0.987. The molecule has 0 radical (unpaired) electrons. The number of furan rings is 1. The van der Waals surface area contributed by atoms with Crippen LogP contribution in [0.2, 0.25) is 0 Å². The molecule has 0 saturated heterocycles. The lowest BCUT2D eigenvalue weighted by molar-refractivity contribution is 0.564. The highest BCUT2D eigenvalue weighted by molar-refractivity contribution is 7.26. The minimum absolute atomic E-state index is 0.757. The Hall–Kier alpha value is -7.46. The second kappa shape index (κ2) is 14.1. The van der Waals surface area contributed by atoms with E-state index in [1.54, 1.807) is 0 Å². The van der Waals surface area contributed by atoms with Crippen LogP contribution in [-0.2, 0) is 6.42 Å². The zero-order chi connectivity index (χ0) is 39.6. The Morgan fingerprint density at radius 3 is 1.75 bits per heavy atom. The van der Waals surface area contributed by atoms with Crippen molar-refractivity contribution >= 4 is 87.2 Å². The lowest BCUT2D eigenvalue weighted by atomic mass is 9.85. The lowest BCUT2D eigenvalue weighted by Crippen LogP contribution is -2.10. The molecule has 0 amide bonds. The van der Waals surface area contributed by atoms with E-state index >= 15 is 0 Å². The van der Waals surface area contributed by atoms with Gasteiger partial charge in [-0.25, -0.2) is 0 Å². The van der Waals surface area contributed by atoms with Crippen LogP contribution in [0, 0.1) is 0 Å². The van der Waals surface area contributed by atoms with Crippen molar-refractivity contribution in [2.45, 2.75) is 6.42 Å². The average Bonchev–Trinajstić information content (AvgIpc) is 3.79. The second-order valence-corrected chi connectivity index (χ2v) is 16.5. The van der Waals surface area contributed by atoms with Gasteiger partial charge in [0.15, 0.2) is 0 Å². The van der Waals surface area contributed by atoms with E-state index < -0.39 is 0 Å². The molecular weight excluding hydrogens is 747 g/mol. The molecule has 12 rings (SSSR count). The van der Waals surface area contributed by atoms with Crippen LogP contribution in [0.1, 0.15) is 11.3 Å². The predicted octanol–water partition coefficient (Wildman–Crippen LogP) is 16.7. The van der Waals surface area contributed by atoms with Crippen LogP contribution >= 0.6 is 11.3 Å². The van der Waals surface area contributed by atoms with Gasteiger partial charge in [0, 0.05) is 43.5 Å². The normalized spacial score (nSPS) is 12.5. The Morgan fingerprint density at radius 1 is 0.450 bits per heavy atom. The van der Waals surface area contributed by atoms with E-state index in [0.29, 0.717) is 0 Å². The third-order valence-electron chi connectivity index (χ3n) is 12.1. The van der Waals surface area contributed by atoms with E-state index in [9.17, 15) is 0 Å². The van der Waals surface area contributed by atoms with Crippen molar-refractivity contribution in [1.29, 1.82) is 0 Å². The van der Waals surface area contributed by atoms with E-state index in [2.05, 4.69) is 217 Å². The summed E-state index contributed by atoms with van der Waals surface area (Å²) < 4.78 is 9.19. The highest BCUT2D eigenvalue weighted by atomic mass is 32.1. The number of allylic oxidation sites excluding steroid dienone is 3. The Labute approximate surface area is 352 Å². The molecule has 2 heterocycles. The predicted molar refractivity (Wildman–Crippen MR) is 257 cm³/mol. The standard InChI is InChI=1S/C57H37NOS/c1-3-15-38(16-4-1)54-46-20-9-7-17-43(46)44-18-8-10-21-47(44)55(54)39-31-35-41(36-32-39)58(50-25-14-27-52-56(50)49-22-5-2-6-26-51(49)59-52)40-33-29-37(30-34-40)42-23-13-24-48-45-19-11-12-28-53(45)60-57(42)48/h1-25,27-36H,26H2. The molecule has 0 saturated carbocycles. The summed E-state index contributed by atoms with van der Waals surface area (Å²) in [7, 11) is 0. The van der Waals surface area contributed by atoms with Gasteiger partial charge in [-0.3, -0.25) is 0 Å². The highest BCUT2D eigenvalue weighted by Crippen LogP contribution is 2.48. The van der Waals surface area contributed by atoms with Crippen LogP contribution in [0.4, 0.5) is 17.1 Å². The smallest absolute Gasteiger partial charge is 0.137 e. The van der Waals surface area contributed by atoms with Crippen molar-refractivity contribution < 1.29 is 4.42 Å². The van der Waals surface area contributed by atoms with Gasteiger partial charge in [-0.15, -0.1) is 11.3 Å². The molecule has 2 nitrogen and oxygen atoms in total. The Balaban J connectivity index is 1.05. The Kier molecular flexibility index (Phi) is 8.14. The number of hydrogen-bond acceptors (Lipinski definition) is 3. The third-order valence-corrected chi connectivity index (χ3v) is 13.3. The van der Waals surface area contributed by atoms with Gasteiger partial charge in [-0.05, 0) is 97.4 Å². The van der Waals surface area contributed by atoms with Gasteiger partial charge in [0.05, 0.1) is 11.1 Å². The fraction of sp³-hybridized carbons (Fsp3) is 0.0175. The van der Waals surface area contributed by atoms with Crippen LogP contribution in [0.5, 0.6) is 0 Å². The summed E-state index contributed by atoms with van der Waals surface area (Å²) in [5.41, 5.74) is 12.6. The molecule has 1 aliphatic rings. The molecule has 3 heteroatoms. The van der Waals surface area contributed by atoms with Gasteiger partial charge < -0.3 is 9.32 Å². The first-order valence-electron chi connectivity index (χ1n) is 20.6. The molecular formula is C57H37NOS. The van der Waals surface area contributed by atoms with Crippen molar-refractivity contribution in [2.24, 2.45) is 0 Å². The fourth-order valence-corrected chi connectivity index (χ4v) is 10.7. The molecule has 0 bridgehead atoms. The largest absolute Gasteiger partial charge is 0.460 e. The maximum atomic E-state index is 6.56. The molecule has 1 aliphatic carbocycles. The van der Waals surface area contributed by atoms with Gasteiger partial charge in [-0.1, -0.05) is 170 Å². The molecule has 0 spiro atoms. The van der Waals surface area contributed by atoms with E-state index in [1.165, 1.54) is 75.1 Å². The van der Waals surface area contributed by atoms with E-state index in [-0.39, 0.29) is 0 Å². The molecule has 60 heavy (non-hydrogen) atoms. The first kappa shape index (κ1) is 34.6. The molecule has 0 unspecified atom stereocenters. The van der Waals surface area contributed by atoms with E-state index in [1.807, 2.05) is 11.3 Å². The first-order chi connectivity index (χ1) is 29.8. The molecule has 0 atom stereocenters. The summed E-state index contributed by atoms with van der Waals surface area (Å²) in [6.45, 7) is 0. The van der Waals surface area contributed by atoms with E-state index in [0.717, 1.165) is 45.8 Å². The lowest BCUT2D eigenvalue weighted by Gasteiger charge is -2.27. The average molecular weight is 784 g/mol. The summed E-state index contributed by atoms with van der Waals surface area (Å²) in [6.07, 6.45) is 9.35. The van der Waals surface area contributed by atoms with Crippen molar-refractivity contribution in [3.8, 4) is 33.4 Å². The van der Waals surface area contributed by atoms with Crippen LogP contribution in [0.3, 0.4) is 0 Å². The monoisotopic (exact) mass is 783 g/mol. The second-order valence-electron chi connectivity index (χ2n) is 15.5. The highest BCUT2D eigenvalue weighted by Gasteiger charge is 2.23. The topological polar surface area (TPSA) is 16.4 Å². The Morgan fingerprint density at radius 2 is 1.03 bits per heavy atom. The van der Waals surface area contributed by atoms with Crippen LogP contribution in [0.25, 0.3) is 92.1 Å². The molecule has 282 valence electrons. The van der Waals surface area contributed by atoms with Crippen molar-refractivity contribution in [3.05, 3.63) is 218 Å². The minimum Gasteiger partial charge on any atom is -0.460 e. The van der Waals surface area contributed by atoms with Gasteiger partial charge >= 0.3 is 0 Å². The SMILES string of the molecule is C1=CCc2oc3cccc(N(c4ccc(-c5c(-c6ccccc6)c6ccccc6c6ccccc56)cc4)c4ccc(-c5cccc6c5sc5ccccc56)cc4)c3c2C=C1. The molecule has 0 fully saturated rings. The first-order valence-corrected chi connectivity index (χ1v) is 21.4. The maximum Gasteiger partial charge on any atom is 0.137 e. The summed E-state index contributed by atoms with van der Waals surface area (Å²) in [5, 5.41) is 8.76. The number of anilines is 3. The van der Waals surface area contributed by atoms with Crippen LogP contribution in [0.15, 0.2) is 211 Å². The van der Waals surface area contributed by atoms with Gasteiger partial charge in [0.2, 0.25) is 0 Å². The quantitative estimate of drug-likeness (QED) is 0.156. The number of fused-ring (bicyclic) bond motifs is 9. The molecule has 0 aliphatic heterocycles. The zero-order valence-electron chi connectivity index (χ0n) is 32.7. The number of rotatable bonds is 6. The van der Waals surface area contributed by atoms with Crippen LogP contribution in [-0.4, -0.2) is 0 Å². The summed E-state index contributed by atoms with van der Waals surface area (Å²) in [6, 6.07) is 68.7. The number of thiophene rings is 1. The number of nitrogens with zero attached hydrogens (tertiary/aromatic N) is 1. The molecule has 9 aromatic carbocycles. The minimum atomic E-state index is 0.757.